The molecule has 0 fully saturated rings. The van der Waals surface area contributed by atoms with Crippen molar-refractivity contribution >= 4 is 37.9 Å². The first-order chi connectivity index (χ1) is 11.6. The first-order valence-electron chi connectivity index (χ1n) is 7.30. The third kappa shape index (κ3) is 2.69. The van der Waals surface area contributed by atoms with E-state index in [1.165, 1.54) is 44.4 Å². The van der Waals surface area contributed by atoms with Crippen molar-refractivity contribution in [1.29, 1.82) is 0 Å². The summed E-state index contributed by atoms with van der Waals surface area (Å²) in [4.78, 5) is 23.8. The molecule has 7 nitrogen and oxygen atoms in total. The van der Waals surface area contributed by atoms with Gasteiger partial charge in [0.2, 0.25) is 15.5 Å². The van der Waals surface area contributed by atoms with Crippen molar-refractivity contribution in [2.75, 3.05) is 14.1 Å². The van der Waals surface area contributed by atoms with Crippen molar-refractivity contribution in [3.8, 4) is 0 Å². The molecule has 0 aliphatic rings. The summed E-state index contributed by atoms with van der Waals surface area (Å²) in [6, 6.07) is 6.85. The lowest BCUT2D eigenvalue weighted by molar-refractivity contribution is 0.0697. The van der Waals surface area contributed by atoms with E-state index < -0.39 is 21.4 Å². The van der Waals surface area contributed by atoms with E-state index in [4.69, 9.17) is 9.52 Å². The Balaban J connectivity index is 2.51. The molecule has 130 valence electrons. The molecule has 1 N–H and O–H groups in total. The van der Waals surface area contributed by atoms with Crippen molar-refractivity contribution in [3.63, 3.8) is 0 Å². The predicted molar refractivity (Wildman–Crippen MR) is 92.6 cm³/mol. The second-order valence-electron chi connectivity index (χ2n) is 5.87. The number of fused-ring (bicyclic) bond motifs is 2. The number of aromatic carboxylic acids is 1. The molecular formula is C17H15NO6S. The van der Waals surface area contributed by atoms with Gasteiger partial charge in [-0.2, -0.15) is 0 Å². The van der Waals surface area contributed by atoms with Crippen LogP contribution in [-0.4, -0.2) is 37.9 Å². The number of sulfonamides is 1. The van der Waals surface area contributed by atoms with Crippen LogP contribution in [0.4, 0.5) is 0 Å². The smallest absolute Gasteiger partial charge is 0.335 e. The molecule has 1 aromatic heterocycles. The Morgan fingerprint density at radius 1 is 1.12 bits per heavy atom. The largest absolute Gasteiger partial charge is 0.478 e. The van der Waals surface area contributed by atoms with Crippen LogP contribution < -0.4 is 5.43 Å². The summed E-state index contributed by atoms with van der Waals surface area (Å²) in [5.74, 6) is -1.17. The molecular weight excluding hydrogens is 346 g/mol. The fourth-order valence-electron chi connectivity index (χ4n) is 2.59. The van der Waals surface area contributed by atoms with Crippen molar-refractivity contribution in [1.82, 2.24) is 4.31 Å². The van der Waals surface area contributed by atoms with E-state index >= 15 is 0 Å². The van der Waals surface area contributed by atoms with Gasteiger partial charge in [-0.05, 0) is 42.8 Å². The van der Waals surface area contributed by atoms with E-state index in [0.29, 0.717) is 5.56 Å². The Hall–Kier alpha value is -2.71. The van der Waals surface area contributed by atoms with Crippen molar-refractivity contribution in [2.45, 2.75) is 11.8 Å². The molecule has 0 atom stereocenters. The van der Waals surface area contributed by atoms with E-state index in [-0.39, 0.29) is 32.4 Å². The van der Waals surface area contributed by atoms with Crippen LogP contribution in [0.2, 0.25) is 0 Å². The van der Waals surface area contributed by atoms with Gasteiger partial charge in [0, 0.05) is 14.1 Å². The van der Waals surface area contributed by atoms with Crippen LogP contribution >= 0.6 is 0 Å². The highest BCUT2D eigenvalue weighted by Gasteiger charge is 2.24. The van der Waals surface area contributed by atoms with Gasteiger partial charge in [-0.15, -0.1) is 0 Å². The third-order valence-corrected chi connectivity index (χ3v) is 5.71. The van der Waals surface area contributed by atoms with Crippen LogP contribution in [0.25, 0.3) is 21.9 Å². The summed E-state index contributed by atoms with van der Waals surface area (Å²) in [5, 5.41) is 9.27. The quantitative estimate of drug-likeness (QED) is 0.717. The number of carbonyl (C=O) groups is 1. The molecule has 0 bridgehead atoms. The molecule has 0 unspecified atom stereocenters. The highest BCUT2D eigenvalue weighted by molar-refractivity contribution is 7.89. The number of aryl methyl sites for hydroxylation is 1. The minimum Gasteiger partial charge on any atom is -0.478 e. The SMILES string of the molecule is Cc1cc(S(=O)(=O)N(C)C)c2oc3ccc(C(=O)O)cc3c(=O)c2c1. The lowest BCUT2D eigenvalue weighted by Gasteiger charge is -2.14. The summed E-state index contributed by atoms with van der Waals surface area (Å²) < 4.78 is 31.9. The molecule has 0 saturated carbocycles. The van der Waals surface area contributed by atoms with Gasteiger partial charge in [0.1, 0.15) is 10.5 Å². The van der Waals surface area contributed by atoms with Crippen molar-refractivity contribution in [3.05, 3.63) is 51.7 Å². The monoisotopic (exact) mass is 361 g/mol. The van der Waals surface area contributed by atoms with E-state index in [1.807, 2.05) is 0 Å². The number of nitrogens with zero attached hydrogens (tertiary/aromatic N) is 1. The molecule has 2 aromatic carbocycles. The van der Waals surface area contributed by atoms with Gasteiger partial charge >= 0.3 is 5.97 Å². The molecule has 0 aliphatic heterocycles. The van der Waals surface area contributed by atoms with Gasteiger partial charge in [0.25, 0.3) is 0 Å². The second-order valence-corrected chi connectivity index (χ2v) is 7.99. The molecule has 3 aromatic rings. The highest BCUT2D eigenvalue weighted by Crippen LogP contribution is 2.28. The van der Waals surface area contributed by atoms with E-state index in [2.05, 4.69) is 0 Å². The second kappa shape index (κ2) is 5.68. The van der Waals surface area contributed by atoms with Crippen LogP contribution in [0.3, 0.4) is 0 Å². The summed E-state index contributed by atoms with van der Waals surface area (Å²) in [7, 11) is -1.05. The molecule has 1 heterocycles. The molecule has 8 heteroatoms. The molecule has 25 heavy (non-hydrogen) atoms. The number of hydrogen-bond donors (Lipinski definition) is 1. The van der Waals surface area contributed by atoms with Gasteiger partial charge in [-0.25, -0.2) is 17.5 Å². The van der Waals surface area contributed by atoms with Crippen LogP contribution in [0.5, 0.6) is 0 Å². The zero-order chi connectivity index (χ0) is 18.5. The van der Waals surface area contributed by atoms with Crippen LogP contribution in [0, 0.1) is 6.92 Å². The average Bonchev–Trinajstić information content (AvgIpc) is 2.54. The van der Waals surface area contributed by atoms with Gasteiger partial charge in [0.05, 0.1) is 16.3 Å². The minimum atomic E-state index is -3.83. The third-order valence-electron chi connectivity index (χ3n) is 3.89. The Bertz CT molecular complexity index is 1190. The van der Waals surface area contributed by atoms with Crippen LogP contribution in [0.15, 0.2) is 44.4 Å². The molecule has 0 amide bonds. The normalized spacial score (nSPS) is 12.2. The number of carboxylic acid groups (broad SMARTS) is 1. The Morgan fingerprint density at radius 3 is 2.40 bits per heavy atom. The first kappa shape index (κ1) is 17.1. The van der Waals surface area contributed by atoms with Crippen LogP contribution in [0.1, 0.15) is 15.9 Å². The van der Waals surface area contributed by atoms with Gasteiger partial charge in [-0.3, -0.25) is 4.79 Å². The minimum absolute atomic E-state index is 0.0418. The molecule has 0 radical (unpaired) electrons. The number of hydrogen-bond acceptors (Lipinski definition) is 5. The lowest BCUT2D eigenvalue weighted by atomic mass is 10.1. The number of rotatable bonds is 3. The summed E-state index contributed by atoms with van der Waals surface area (Å²) in [6.07, 6.45) is 0. The molecule has 0 aliphatic carbocycles. The lowest BCUT2D eigenvalue weighted by Crippen LogP contribution is -2.23. The highest BCUT2D eigenvalue weighted by atomic mass is 32.2. The molecule has 3 rings (SSSR count). The van der Waals surface area contributed by atoms with Gasteiger partial charge in [0.15, 0.2) is 5.58 Å². The number of carboxylic acids is 1. The van der Waals surface area contributed by atoms with Gasteiger partial charge in [-0.1, -0.05) is 0 Å². The maximum Gasteiger partial charge on any atom is 0.335 e. The van der Waals surface area contributed by atoms with Crippen molar-refractivity contribution < 1.29 is 22.7 Å². The van der Waals surface area contributed by atoms with Crippen molar-refractivity contribution in [2.24, 2.45) is 0 Å². The summed E-state index contributed by atoms with van der Waals surface area (Å²) in [6.45, 7) is 1.67. The fourth-order valence-corrected chi connectivity index (χ4v) is 3.70. The van der Waals surface area contributed by atoms with E-state index in [0.717, 1.165) is 4.31 Å². The van der Waals surface area contributed by atoms with Crippen LogP contribution in [-0.2, 0) is 10.0 Å². The van der Waals surface area contributed by atoms with E-state index in [1.54, 1.807) is 6.92 Å². The zero-order valence-corrected chi connectivity index (χ0v) is 14.5. The Kier molecular flexibility index (Phi) is 3.89. The number of benzene rings is 2. The first-order valence-corrected chi connectivity index (χ1v) is 8.74. The molecule has 0 saturated heterocycles. The predicted octanol–water partition coefficient (Wildman–Crippen LogP) is 2.20. The zero-order valence-electron chi connectivity index (χ0n) is 13.7. The fraction of sp³-hybridized carbons (Fsp3) is 0.176. The Labute approximate surface area is 143 Å². The standard InChI is InChI=1S/C17H15NO6S/c1-9-6-12-15(19)11-8-10(17(20)21)4-5-13(11)24-16(12)14(7-9)25(22,23)18(2)3/h4-8H,1-3H3,(H,20,21). The maximum atomic E-state index is 12.8. The van der Waals surface area contributed by atoms with Gasteiger partial charge < -0.3 is 9.52 Å². The van der Waals surface area contributed by atoms with E-state index in [9.17, 15) is 18.0 Å². The maximum absolute atomic E-state index is 12.8. The Morgan fingerprint density at radius 2 is 1.80 bits per heavy atom. The topological polar surface area (TPSA) is 105 Å². The molecule has 0 spiro atoms. The summed E-state index contributed by atoms with van der Waals surface area (Å²) in [5.41, 5.74) is 0.140. The summed E-state index contributed by atoms with van der Waals surface area (Å²) >= 11 is 0. The average molecular weight is 361 g/mol.